The Kier molecular flexibility index (Phi) is 7.51. The molecule has 3 saturated heterocycles. The van der Waals surface area contributed by atoms with E-state index in [1.165, 1.54) is 0 Å². The molecule has 0 spiro atoms. The summed E-state index contributed by atoms with van der Waals surface area (Å²) >= 11 is 6.10. The van der Waals surface area contributed by atoms with Crippen LogP contribution in [-0.2, 0) is 16.1 Å². The number of hydrogen-bond donors (Lipinski definition) is 2. The quantitative estimate of drug-likeness (QED) is 0.609. The lowest BCUT2D eigenvalue weighted by Gasteiger charge is -2.38. The molecule has 5 rings (SSSR count). The van der Waals surface area contributed by atoms with Gasteiger partial charge < -0.3 is 20.4 Å². The van der Waals surface area contributed by atoms with Crippen molar-refractivity contribution < 1.29 is 9.59 Å². The van der Waals surface area contributed by atoms with Crippen molar-refractivity contribution in [3.05, 3.63) is 59.2 Å². The van der Waals surface area contributed by atoms with Gasteiger partial charge in [-0.25, -0.2) is 4.98 Å². The smallest absolute Gasteiger partial charge is 0.237 e. The number of nitrogens with zero attached hydrogens (tertiary/aromatic N) is 4. The molecular formula is C26H33ClN6O2. The van der Waals surface area contributed by atoms with Crippen molar-refractivity contribution in [1.82, 2.24) is 25.4 Å². The highest BCUT2D eigenvalue weighted by molar-refractivity contribution is 6.30. The zero-order chi connectivity index (χ0) is 24.2. The molecule has 3 atom stereocenters. The predicted octanol–water partition coefficient (Wildman–Crippen LogP) is 1.89. The van der Waals surface area contributed by atoms with Crippen LogP contribution in [0, 0.1) is 0 Å². The number of fused-ring (bicyclic) bond motifs is 1. The summed E-state index contributed by atoms with van der Waals surface area (Å²) in [6.07, 6.45) is 3.86. The van der Waals surface area contributed by atoms with E-state index in [9.17, 15) is 9.59 Å². The van der Waals surface area contributed by atoms with E-state index >= 15 is 0 Å². The van der Waals surface area contributed by atoms with Crippen LogP contribution in [0.4, 0.5) is 5.82 Å². The lowest BCUT2D eigenvalue weighted by Crippen LogP contribution is -2.58. The summed E-state index contributed by atoms with van der Waals surface area (Å²) in [5, 5.41) is 7.39. The third-order valence-corrected chi connectivity index (χ3v) is 7.64. The Labute approximate surface area is 211 Å². The summed E-state index contributed by atoms with van der Waals surface area (Å²) in [5.74, 6) is 1.27. The summed E-state index contributed by atoms with van der Waals surface area (Å²) in [5.41, 5.74) is 1.14. The van der Waals surface area contributed by atoms with E-state index in [0.717, 1.165) is 68.5 Å². The molecule has 3 aliphatic rings. The van der Waals surface area contributed by atoms with Crippen LogP contribution < -0.4 is 15.5 Å². The monoisotopic (exact) mass is 496 g/mol. The molecule has 35 heavy (non-hydrogen) atoms. The van der Waals surface area contributed by atoms with Gasteiger partial charge >= 0.3 is 0 Å². The SMILES string of the molecule is O=C1NC[C@@H](CCC(=O)N2CCN(c3ccccn3)CC2)N2C[C@@H](NCc3cccc(Cl)c3)C[C@@H]12. The highest BCUT2D eigenvalue weighted by Gasteiger charge is 2.43. The molecule has 0 bridgehead atoms. The first-order valence-electron chi connectivity index (χ1n) is 12.5. The Morgan fingerprint density at radius 3 is 2.77 bits per heavy atom. The Hall–Kier alpha value is -2.68. The number of carbonyl (C=O) groups is 2. The first-order valence-corrected chi connectivity index (χ1v) is 12.9. The van der Waals surface area contributed by atoms with Gasteiger partial charge in [0.15, 0.2) is 0 Å². The van der Waals surface area contributed by atoms with Gasteiger partial charge in [0.05, 0.1) is 6.04 Å². The largest absolute Gasteiger partial charge is 0.353 e. The summed E-state index contributed by atoms with van der Waals surface area (Å²) in [6, 6.07) is 14.1. The molecule has 0 unspecified atom stereocenters. The molecule has 3 aliphatic heterocycles. The highest BCUT2D eigenvalue weighted by atomic mass is 35.5. The first-order chi connectivity index (χ1) is 17.1. The normalized spacial score (nSPS) is 24.8. The number of nitrogens with one attached hydrogen (secondary N) is 2. The van der Waals surface area contributed by atoms with Gasteiger partial charge in [-0.15, -0.1) is 0 Å². The fraction of sp³-hybridized carbons (Fsp3) is 0.500. The molecule has 2 aromatic rings. The van der Waals surface area contributed by atoms with E-state index in [4.69, 9.17) is 11.6 Å². The Balaban J connectivity index is 1.10. The van der Waals surface area contributed by atoms with Gasteiger partial charge in [-0.1, -0.05) is 29.8 Å². The minimum atomic E-state index is -0.123. The number of rotatable bonds is 7. The lowest BCUT2D eigenvalue weighted by molar-refractivity contribution is -0.132. The van der Waals surface area contributed by atoms with E-state index in [2.05, 4.69) is 31.5 Å². The molecule has 9 heteroatoms. The minimum Gasteiger partial charge on any atom is -0.353 e. The van der Waals surface area contributed by atoms with Gasteiger partial charge in [0.25, 0.3) is 0 Å². The van der Waals surface area contributed by atoms with E-state index in [1.807, 2.05) is 41.3 Å². The molecule has 0 radical (unpaired) electrons. The molecule has 4 heterocycles. The van der Waals surface area contributed by atoms with Crippen molar-refractivity contribution in [3.63, 3.8) is 0 Å². The van der Waals surface area contributed by atoms with Gasteiger partial charge in [-0.3, -0.25) is 14.5 Å². The van der Waals surface area contributed by atoms with Crippen LogP contribution in [-0.4, -0.2) is 84.0 Å². The zero-order valence-electron chi connectivity index (χ0n) is 19.9. The van der Waals surface area contributed by atoms with Crippen molar-refractivity contribution in [2.75, 3.05) is 44.2 Å². The molecule has 3 fully saturated rings. The number of anilines is 1. The number of carbonyl (C=O) groups excluding carboxylic acids is 2. The minimum absolute atomic E-state index is 0.102. The standard InChI is InChI=1S/C26H33ClN6O2/c27-20-5-3-4-19(14-20)16-29-21-15-23-26(35)30-17-22(33(23)18-21)7-8-25(34)32-12-10-31(11-13-32)24-6-1-2-9-28-24/h1-6,9,14,21-23,29H,7-8,10-13,15-18H2,(H,30,35)/t21-,22+,23-/m0/s1. The molecule has 2 amide bonds. The summed E-state index contributed by atoms with van der Waals surface area (Å²) < 4.78 is 0. The van der Waals surface area contributed by atoms with E-state index in [1.54, 1.807) is 6.20 Å². The van der Waals surface area contributed by atoms with Crippen LogP contribution in [0.1, 0.15) is 24.8 Å². The van der Waals surface area contributed by atoms with Crippen LogP contribution in [0.15, 0.2) is 48.7 Å². The Bertz CT molecular complexity index is 1030. The molecule has 2 N–H and O–H groups in total. The number of amides is 2. The second kappa shape index (κ2) is 10.9. The molecule has 8 nitrogen and oxygen atoms in total. The van der Waals surface area contributed by atoms with Crippen LogP contribution in [0.2, 0.25) is 5.02 Å². The topological polar surface area (TPSA) is 80.8 Å². The van der Waals surface area contributed by atoms with Crippen LogP contribution in [0.5, 0.6) is 0 Å². The van der Waals surface area contributed by atoms with Gasteiger partial charge in [-0.05, 0) is 42.7 Å². The van der Waals surface area contributed by atoms with Crippen molar-refractivity contribution >= 4 is 29.2 Å². The average Bonchev–Trinajstić information content (AvgIpc) is 3.33. The zero-order valence-corrected chi connectivity index (χ0v) is 20.7. The van der Waals surface area contributed by atoms with Gasteiger partial charge in [0, 0.05) is 75.5 Å². The van der Waals surface area contributed by atoms with Crippen molar-refractivity contribution in [2.24, 2.45) is 0 Å². The lowest BCUT2D eigenvalue weighted by atomic mass is 10.0. The molecule has 1 aromatic carbocycles. The second-order valence-electron chi connectivity index (χ2n) is 9.65. The molecule has 0 saturated carbocycles. The van der Waals surface area contributed by atoms with Crippen molar-refractivity contribution in [2.45, 2.75) is 43.9 Å². The highest BCUT2D eigenvalue weighted by Crippen LogP contribution is 2.26. The Morgan fingerprint density at radius 1 is 1.14 bits per heavy atom. The van der Waals surface area contributed by atoms with Crippen LogP contribution in [0.3, 0.4) is 0 Å². The summed E-state index contributed by atoms with van der Waals surface area (Å²) in [6.45, 7) is 5.20. The maximum atomic E-state index is 13.0. The summed E-state index contributed by atoms with van der Waals surface area (Å²) in [7, 11) is 0. The fourth-order valence-corrected chi connectivity index (χ4v) is 5.69. The van der Waals surface area contributed by atoms with Gasteiger partial charge in [-0.2, -0.15) is 0 Å². The Morgan fingerprint density at radius 2 is 2.00 bits per heavy atom. The first kappa shape index (κ1) is 24.0. The van der Waals surface area contributed by atoms with Crippen LogP contribution >= 0.6 is 11.6 Å². The number of pyridine rings is 1. The predicted molar refractivity (Wildman–Crippen MR) is 136 cm³/mol. The maximum Gasteiger partial charge on any atom is 0.237 e. The average molecular weight is 497 g/mol. The molecule has 186 valence electrons. The van der Waals surface area contributed by atoms with Crippen molar-refractivity contribution in [3.8, 4) is 0 Å². The number of hydrogen-bond acceptors (Lipinski definition) is 6. The number of piperazine rings is 2. The maximum absolute atomic E-state index is 13.0. The van der Waals surface area contributed by atoms with E-state index in [0.29, 0.717) is 13.0 Å². The van der Waals surface area contributed by atoms with E-state index < -0.39 is 0 Å². The fourth-order valence-electron chi connectivity index (χ4n) is 5.47. The number of benzene rings is 1. The van der Waals surface area contributed by atoms with Gasteiger partial charge in [0.2, 0.25) is 11.8 Å². The third-order valence-electron chi connectivity index (χ3n) is 7.40. The number of halogens is 1. The molecular weight excluding hydrogens is 464 g/mol. The summed E-state index contributed by atoms with van der Waals surface area (Å²) in [4.78, 5) is 36.4. The van der Waals surface area contributed by atoms with Crippen molar-refractivity contribution in [1.29, 1.82) is 0 Å². The second-order valence-corrected chi connectivity index (χ2v) is 10.1. The van der Waals surface area contributed by atoms with Gasteiger partial charge in [0.1, 0.15) is 5.82 Å². The third kappa shape index (κ3) is 5.77. The molecule has 0 aliphatic carbocycles. The van der Waals surface area contributed by atoms with Crippen LogP contribution in [0.25, 0.3) is 0 Å². The molecule has 1 aromatic heterocycles. The number of aromatic nitrogens is 1. The van der Waals surface area contributed by atoms with E-state index in [-0.39, 0.29) is 29.9 Å².